The Morgan fingerprint density at radius 2 is 1.97 bits per heavy atom. The number of carbonyl (C=O) groups excluding carboxylic acids is 1. The van der Waals surface area contributed by atoms with E-state index in [0.717, 1.165) is 16.5 Å². The molecule has 0 spiro atoms. The molecule has 2 aromatic carbocycles. The number of carbonyl (C=O) groups is 1. The Kier molecular flexibility index (Phi) is 6.60. The van der Waals surface area contributed by atoms with E-state index < -0.39 is 15.5 Å². The van der Waals surface area contributed by atoms with Crippen LogP contribution >= 0.6 is 11.6 Å². The first-order chi connectivity index (χ1) is 16.5. The molecule has 0 radical (unpaired) electrons. The van der Waals surface area contributed by atoms with Crippen LogP contribution in [0.4, 0.5) is 27.4 Å². The number of hydrogen-bond donors (Lipinski definition) is 2. The van der Waals surface area contributed by atoms with Gasteiger partial charge in [0.25, 0.3) is 0 Å². The Morgan fingerprint density at radius 1 is 1.23 bits per heavy atom. The van der Waals surface area contributed by atoms with Crippen LogP contribution in [0.15, 0.2) is 65.8 Å². The highest BCUT2D eigenvalue weighted by molar-refractivity contribution is 7.92. The first kappa shape index (κ1) is 24.4. The standard InChI is InChI=1S/C24H22ClFN6O2S/c1-5-22(33)28-15-6-8-16-17(13-32(2)21(16)11-15)23-18(25)12-27-24(30-23)29-14-7-9-20(19(26)10-14)31-35(3,4)34/h5-13H,1H2,2-4H3,(H,28,33)(H,27,29,30). The third-order valence-corrected chi connectivity index (χ3v) is 5.88. The van der Waals surface area contributed by atoms with Crippen molar-refractivity contribution in [2.24, 2.45) is 11.4 Å². The van der Waals surface area contributed by atoms with Crippen molar-refractivity contribution in [3.8, 4) is 11.3 Å². The van der Waals surface area contributed by atoms with E-state index in [-0.39, 0.29) is 17.5 Å². The van der Waals surface area contributed by atoms with Gasteiger partial charge in [-0.2, -0.15) is 4.36 Å². The first-order valence-electron chi connectivity index (χ1n) is 10.3. The molecule has 0 bridgehead atoms. The highest BCUT2D eigenvalue weighted by Crippen LogP contribution is 2.35. The second kappa shape index (κ2) is 9.47. The van der Waals surface area contributed by atoms with Gasteiger partial charge in [0.05, 0.1) is 22.4 Å². The normalized spacial score (nSPS) is 11.3. The summed E-state index contributed by atoms with van der Waals surface area (Å²) < 4.78 is 32.1. The fourth-order valence-corrected chi connectivity index (χ4v) is 4.30. The number of rotatable bonds is 6. The van der Waals surface area contributed by atoms with Gasteiger partial charge in [0.2, 0.25) is 11.9 Å². The predicted molar refractivity (Wildman–Crippen MR) is 140 cm³/mol. The largest absolute Gasteiger partial charge is 0.350 e. The highest BCUT2D eigenvalue weighted by Gasteiger charge is 2.16. The molecule has 8 nitrogen and oxygen atoms in total. The van der Waals surface area contributed by atoms with Gasteiger partial charge in [0.15, 0.2) is 5.82 Å². The monoisotopic (exact) mass is 512 g/mol. The van der Waals surface area contributed by atoms with Crippen molar-refractivity contribution in [2.45, 2.75) is 0 Å². The van der Waals surface area contributed by atoms with Crippen LogP contribution in [0, 0.1) is 5.82 Å². The zero-order valence-electron chi connectivity index (χ0n) is 19.2. The molecule has 180 valence electrons. The molecule has 2 aromatic heterocycles. The summed E-state index contributed by atoms with van der Waals surface area (Å²) in [6.45, 7) is 3.46. The minimum Gasteiger partial charge on any atom is -0.350 e. The van der Waals surface area contributed by atoms with E-state index in [4.69, 9.17) is 11.6 Å². The molecular formula is C24H22ClFN6O2S. The third kappa shape index (κ3) is 5.50. The van der Waals surface area contributed by atoms with E-state index in [0.29, 0.717) is 22.1 Å². The molecule has 0 aliphatic carbocycles. The number of amides is 1. The summed E-state index contributed by atoms with van der Waals surface area (Å²) in [6, 6.07) is 9.76. The maximum absolute atomic E-state index is 14.4. The van der Waals surface area contributed by atoms with Crippen molar-refractivity contribution in [1.29, 1.82) is 0 Å². The zero-order chi connectivity index (χ0) is 25.3. The van der Waals surface area contributed by atoms with Crippen molar-refractivity contribution in [1.82, 2.24) is 14.5 Å². The average molecular weight is 513 g/mol. The van der Waals surface area contributed by atoms with Gasteiger partial charge in [0.1, 0.15) is 5.69 Å². The van der Waals surface area contributed by atoms with Crippen LogP contribution in [0.1, 0.15) is 0 Å². The fraction of sp³-hybridized carbons (Fsp3) is 0.125. The van der Waals surface area contributed by atoms with Crippen molar-refractivity contribution in [3.63, 3.8) is 0 Å². The molecular weight excluding hydrogens is 491 g/mol. The number of nitrogens with zero attached hydrogens (tertiary/aromatic N) is 4. The van der Waals surface area contributed by atoms with Crippen LogP contribution in [0.3, 0.4) is 0 Å². The van der Waals surface area contributed by atoms with E-state index in [1.807, 2.05) is 29.9 Å². The van der Waals surface area contributed by atoms with Gasteiger partial charge in [-0.3, -0.25) is 4.79 Å². The molecule has 11 heteroatoms. The summed E-state index contributed by atoms with van der Waals surface area (Å²) in [6.07, 6.45) is 7.42. The van der Waals surface area contributed by atoms with Gasteiger partial charge < -0.3 is 15.2 Å². The molecule has 0 fully saturated rings. The lowest BCUT2D eigenvalue weighted by Gasteiger charge is -2.09. The minimum atomic E-state index is -2.49. The van der Waals surface area contributed by atoms with Gasteiger partial charge in [-0.05, 0) is 36.4 Å². The maximum atomic E-state index is 14.4. The Hall–Kier alpha value is -3.76. The molecule has 4 aromatic rings. The lowest BCUT2D eigenvalue weighted by Crippen LogP contribution is -2.07. The Bertz CT molecular complexity index is 1600. The molecule has 35 heavy (non-hydrogen) atoms. The van der Waals surface area contributed by atoms with E-state index in [1.54, 1.807) is 12.1 Å². The van der Waals surface area contributed by atoms with Crippen molar-refractivity contribution >= 4 is 61.2 Å². The molecule has 0 atom stereocenters. The lowest BCUT2D eigenvalue weighted by molar-refractivity contribution is -0.111. The van der Waals surface area contributed by atoms with Crippen LogP contribution in [0.25, 0.3) is 22.2 Å². The van der Waals surface area contributed by atoms with Crippen LogP contribution in [0.5, 0.6) is 0 Å². The second-order valence-corrected chi connectivity index (χ2v) is 11.0. The maximum Gasteiger partial charge on any atom is 0.247 e. The first-order valence-corrected chi connectivity index (χ1v) is 13.0. The van der Waals surface area contributed by atoms with Crippen LogP contribution in [0.2, 0.25) is 5.02 Å². The molecule has 0 unspecified atom stereocenters. The summed E-state index contributed by atoms with van der Waals surface area (Å²) in [7, 11) is -0.616. The Labute approximate surface area is 207 Å². The van der Waals surface area contributed by atoms with Crippen LogP contribution in [-0.4, -0.2) is 37.2 Å². The highest BCUT2D eigenvalue weighted by atomic mass is 35.5. The quantitative estimate of drug-likeness (QED) is 0.325. The number of anilines is 3. The number of aryl methyl sites for hydroxylation is 1. The zero-order valence-corrected chi connectivity index (χ0v) is 20.7. The topological polar surface area (TPSA) is 101 Å². The molecule has 4 rings (SSSR count). The smallest absolute Gasteiger partial charge is 0.247 e. The number of nitrogens with one attached hydrogen (secondary N) is 2. The molecule has 0 saturated heterocycles. The summed E-state index contributed by atoms with van der Waals surface area (Å²) in [5, 5.41) is 6.92. The molecule has 1 amide bonds. The van der Waals surface area contributed by atoms with E-state index >= 15 is 0 Å². The van der Waals surface area contributed by atoms with E-state index in [9.17, 15) is 13.4 Å². The van der Waals surface area contributed by atoms with Crippen LogP contribution < -0.4 is 10.6 Å². The van der Waals surface area contributed by atoms with E-state index in [2.05, 4.69) is 31.5 Å². The van der Waals surface area contributed by atoms with Crippen molar-refractivity contribution in [3.05, 3.63) is 72.3 Å². The van der Waals surface area contributed by atoms with Crippen molar-refractivity contribution < 1.29 is 13.4 Å². The molecule has 0 aliphatic heterocycles. The Balaban J connectivity index is 1.69. The SMILES string of the molecule is C=CC(=O)Nc1ccc2c(-c3nc(Nc4ccc(N=S(C)(C)=O)c(F)c4)ncc3Cl)cn(C)c2c1. The molecule has 0 saturated carbocycles. The third-order valence-electron chi connectivity index (χ3n) is 4.96. The van der Waals surface area contributed by atoms with Gasteiger partial charge in [-0.25, -0.2) is 18.6 Å². The lowest BCUT2D eigenvalue weighted by atomic mass is 10.1. The van der Waals surface area contributed by atoms with Gasteiger partial charge >= 0.3 is 0 Å². The summed E-state index contributed by atoms with van der Waals surface area (Å²) >= 11 is 6.44. The van der Waals surface area contributed by atoms with E-state index in [1.165, 1.54) is 36.9 Å². The Morgan fingerprint density at radius 3 is 2.66 bits per heavy atom. The second-order valence-electron chi connectivity index (χ2n) is 8.03. The number of hydrogen-bond acceptors (Lipinski definition) is 6. The summed E-state index contributed by atoms with van der Waals surface area (Å²) in [5.41, 5.74) is 3.15. The molecule has 0 aliphatic rings. The summed E-state index contributed by atoms with van der Waals surface area (Å²) in [5.74, 6) is -0.700. The molecule has 2 N–H and O–H groups in total. The predicted octanol–water partition coefficient (Wildman–Crippen LogP) is 5.66. The minimum absolute atomic E-state index is 0.0164. The average Bonchev–Trinajstić information content (AvgIpc) is 3.12. The number of halogens is 2. The van der Waals surface area contributed by atoms with Gasteiger partial charge in [-0.1, -0.05) is 24.2 Å². The van der Waals surface area contributed by atoms with Crippen molar-refractivity contribution in [2.75, 3.05) is 23.1 Å². The van der Waals surface area contributed by atoms with Gasteiger partial charge in [-0.15, -0.1) is 0 Å². The number of fused-ring (bicyclic) bond motifs is 1. The van der Waals surface area contributed by atoms with Gasteiger partial charge in [0, 0.05) is 57.8 Å². The molecule has 2 heterocycles. The van der Waals surface area contributed by atoms with Crippen LogP contribution in [-0.2, 0) is 21.6 Å². The summed E-state index contributed by atoms with van der Waals surface area (Å²) in [4.78, 5) is 20.4. The number of aromatic nitrogens is 3. The number of benzene rings is 2. The fourth-order valence-electron chi connectivity index (χ4n) is 3.48.